The zero-order valence-electron chi connectivity index (χ0n) is 14.4. The number of benzene rings is 1. The highest BCUT2D eigenvalue weighted by Gasteiger charge is 2.13. The Labute approximate surface area is 151 Å². The number of hydrogen-bond acceptors (Lipinski definition) is 6. The van der Waals surface area contributed by atoms with E-state index in [-0.39, 0.29) is 11.6 Å². The first kappa shape index (κ1) is 19.0. The highest BCUT2D eigenvalue weighted by molar-refractivity contribution is 6.31. The van der Waals surface area contributed by atoms with Gasteiger partial charge < -0.3 is 20.1 Å². The van der Waals surface area contributed by atoms with Crippen LogP contribution in [-0.2, 0) is 4.74 Å². The summed E-state index contributed by atoms with van der Waals surface area (Å²) in [6.07, 6.45) is 0.857. The maximum absolute atomic E-state index is 12.3. The van der Waals surface area contributed by atoms with Crippen molar-refractivity contribution in [2.45, 2.75) is 13.3 Å². The van der Waals surface area contributed by atoms with Crippen LogP contribution in [0.15, 0.2) is 24.3 Å². The molecule has 0 fully saturated rings. The third kappa shape index (κ3) is 5.30. The van der Waals surface area contributed by atoms with Gasteiger partial charge in [-0.2, -0.15) is 0 Å². The number of carbonyl (C=O) groups excluding carboxylic acids is 1. The molecule has 2 rings (SSSR count). The molecule has 1 heterocycles. The van der Waals surface area contributed by atoms with Crippen molar-refractivity contribution in [2.24, 2.45) is 0 Å². The number of halogens is 1. The van der Waals surface area contributed by atoms with Crippen LogP contribution < -0.4 is 15.4 Å². The Morgan fingerprint density at radius 2 is 2.04 bits per heavy atom. The minimum absolute atomic E-state index is 0.206. The lowest BCUT2D eigenvalue weighted by Gasteiger charge is -2.12. The van der Waals surface area contributed by atoms with E-state index < -0.39 is 0 Å². The molecule has 1 aromatic carbocycles. The molecule has 25 heavy (non-hydrogen) atoms. The fourth-order valence-corrected chi connectivity index (χ4v) is 2.25. The lowest BCUT2D eigenvalue weighted by molar-refractivity contribution is 0.102. The molecule has 0 bridgehead atoms. The number of methoxy groups -OCH3 is 2. The number of nitrogens with zero attached hydrogens (tertiary/aromatic N) is 2. The van der Waals surface area contributed by atoms with Gasteiger partial charge in [0.2, 0.25) is 0 Å². The maximum atomic E-state index is 12.3. The minimum atomic E-state index is -0.376. The summed E-state index contributed by atoms with van der Waals surface area (Å²) >= 11 is 6.07. The Morgan fingerprint density at radius 3 is 2.68 bits per heavy atom. The molecule has 0 atom stereocenters. The monoisotopic (exact) mass is 364 g/mol. The van der Waals surface area contributed by atoms with Crippen molar-refractivity contribution in [3.05, 3.63) is 40.5 Å². The summed E-state index contributed by atoms with van der Waals surface area (Å²) in [6.45, 7) is 3.24. The molecular weight excluding hydrogens is 344 g/mol. The van der Waals surface area contributed by atoms with Crippen LogP contribution in [0.5, 0.6) is 5.75 Å². The van der Waals surface area contributed by atoms with Crippen molar-refractivity contribution >= 4 is 29.0 Å². The third-order valence-electron chi connectivity index (χ3n) is 3.46. The number of ether oxygens (including phenoxy) is 2. The molecule has 2 N–H and O–H groups in total. The Morgan fingerprint density at radius 1 is 1.24 bits per heavy atom. The molecule has 0 radical (unpaired) electrons. The summed E-state index contributed by atoms with van der Waals surface area (Å²) in [4.78, 5) is 12.3. The molecule has 7 nitrogen and oxygen atoms in total. The normalized spacial score (nSPS) is 10.4. The van der Waals surface area contributed by atoms with Gasteiger partial charge in [-0.05, 0) is 37.1 Å². The van der Waals surface area contributed by atoms with Crippen molar-refractivity contribution in [1.29, 1.82) is 0 Å². The van der Waals surface area contributed by atoms with E-state index in [1.54, 1.807) is 31.4 Å². The van der Waals surface area contributed by atoms with Crippen LogP contribution in [0, 0.1) is 6.92 Å². The fourth-order valence-electron chi connectivity index (χ4n) is 2.10. The molecule has 134 valence electrons. The van der Waals surface area contributed by atoms with Gasteiger partial charge in [0.25, 0.3) is 5.91 Å². The number of carbonyl (C=O) groups is 1. The number of aryl methyl sites for hydroxylation is 1. The molecule has 8 heteroatoms. The average molecular weight is 365 g/mol. The maximum Gasteiger partial charge on any atom is 0.276 e. The first-order chi connectivity index (χ1) is 12.0. The SMILES string of the molecule is COCCCNc1ccc(C(=O)Nc2cc(C)c(Cl)cc2OC)nn1. The molecular formula is C17H21ClN4O3. The van der Waals surface area contributed by atoms with Crippen LogP contribution in [0.2, 0.25) is 5.02 Å². The predicted molar refractivity (Wildman–Crippen MR) is 97.7 cm³/mol. The van der Waals surface area contributed by atoms with Gasteiger partial charge in [0.05, 0.1) is 12.8 Å². The topological polar surface area (TPSA) is 85.4 Å². The number of aromatic nitrogens is 2. The molecule has 0 unspecified atom stereocenters. The molecule has 0 saturated carbocycles. The predicted octanol–water partition coefficient (Wildman–Crippen LogP) is 3.15. The summed E-state index contributed by atoms with van der Waals surface area (Å²) in [5, 5.41) is 14.4. The standard InChI is InChI=1S/C17H21ClN4O3/c1-11-9-14(15(25-3)10-12(11)18)20-17(23)13-5-6-16(22-21-13)19-7-4-8-24-2/h5-6,9-10H,4,7-8H2,1-3H3,(H,19,22)(H,20,23). The van der Waals surface area contributed by atoms with Gasteiger partial charge in [-0.3, -0.25) is 4.79 Å². The lowest BCUT2D eigenvalue weighted by atomic mass is 10.2. The summed E-state index contributed by atoms with van der Waals surface area (Å²) in [5.74, 6) is 0.708. The van der Waals surface area contributed by atoms with Gasteiger partial charge >= 0.3 is 0 Å². The second kappa shape index (κ2) is 9.19. The first-order valence-corrected chi connectivity index (χ1v) is 8.15. The molecule has 1 aromatic heterocycles. The second-order valence-electron chi connectivity index (χ2n) is 5.33. The van der Waals surface area contributed by atoms with Gasteiger partial charge in [-0.1, -0.05) is 11.6 Å². The van der Waals surface area contributed by atoms with Crippen molar-refractivity contribution < 1.29 is 14.3 Å². The fraction of sp³-hybridized carbons (Fsp3) is 0.353. The van der Waals surface area contributed by atoms with Crippen molar-refractivity contribution in [3.8, 4) is 5.75 Å². The molecule has 0 aliphatic rings. The summed E-state index contributed by atoms with van der Waals surface area (Å²) in [6, 6.07) is 6.72. The largest absolute Gasteiger partial charge is 0.495 e. The van der Waals surface area contributed by atoms with E-state index in [0.29, 0.717) is 28.9 Å². The smallest absolute Gasteiger partial charge is 0.276 e. The van der Waals surface area contributed by atoms with Gasteiger partial charge in [0, 0.05) is 31.4 Å². The second-order valence-corrected chi connectivity index (χ2v) is 5.74. The van der Waals surface area contributed by atoms with Gasteiger partial charge in [0.15, 0.2) is 5.69 Å². The quantitative estimate of drug-likeness (QED) is 0.700. The van der Waals surface area contributed by atoms with Crippen LogP contribution in [0.3, 0.4) is 0 Å². The van der Waals surface area contributed by atoms with E-state index in [4.69, 9.17) is 21.1 Å². The number of hydrogen-bond donors (Lipinski definition) is 2. The zero-order chi connectivity index (χ0) is 18.2. The first-order valence-electron chi connectivity index (χ1n) is 7.77. The third-order valence-corrected chi connectivity index (χ3v) is 3.86. The van der Waals surface area contributed by atoms with Crippen LogP contribution in [0.4, 0.5) is 11.5 Å². The van der Waals surface area contributed by atoms with E-state index in [9.17, 15) is 4.79 Å². The lowest BCUT2D eigenvalue weighted by Crippen LogP contribution is -2.16. The summed E-state index contributed by atoms with van der Waals surface area (Å²) in [7, 11) is 3.17. The highest BCUT2D eigenvalue weighted by Crippen LogP contribution is 2.31. The van der Waals surface area contributed by atoms with Crippen LogP contribution in [0.1, 0.15) is 22.5 Å². The van der Waals surface area contributed by atoms with E-state index >= 15 is 0 Å². The van der Waals surface area contributed by atoms with E-state index in [2.05, 4.69) is 20.8 Å². The molecule has 2 aromatic rings. The number of nitrogens with one attached hydrogen (secondary N) is 2. The molecule has 0 spiro atoms. The minimum Gasteiger partial charge on any atom is -0.495 e. The number of amides is 1. The number of rotatable bonds is 8. The van der Waals surface area contributed by atoms with Crippen molar-refractivity contribution in [3.63, 3.8) is 0 Å². The van der Waals surface area contributed by atoms with E-state index in [1.165, 1.54) is 7.11 Å². The summed E-state index contributed by atoms with van der Waals surface area (Å²) in [5.41, 5.74) is 1.56. The van der Waals surface area contributed by atoms with Crippen molar-refractivity contribution in [1.82, 2.24) is 10.2 Å². The van der Waals surface area contributed by atoms with Crippen LogP contribution in [-0.4, -0.2) is 43.5 Å². The van der Waals surface area contributed by atoms with Crippen molar-refractivity contribution in [2.75, 3.05) is 38.0 Å². The summed E-state index contributed by atoms with van der Waals surface area (Å²) < 4.78 is 10.2. The van der Waals surface area contributed by atoms with Gasteiger partial charge in [-0.15, -0.1) is 10.2 Å². The average Bonchev–Trinajstić information content (AvgIpc) is 2.62. The van der Waals surface area contributed by atoms with Crippen LogP contribution in [0.25, 0.3) is 0 Å². The number of anilines is 2. The Kier molecular flexibility index (Phi) is 6.97. The Bertz CT molecular complexity index is 723. The van der Waals surface area contributed by atoms with E-state index in [0.717, 1.165) is 18.5 Å². The van der Waals surface area contributed by atoms with E-state index in [1.807, 2.05) is 6.92 Å². The zero-order valence-corrected chi connectivity index (χ0v) is 15.2. The molecule has 0 saturated heterocycles. The Balaban J connectivity index is 2.02. The molecule has 0 aliphatic carbocycles. The van der Waals surface area contributed by atoms with Gasteiger partial charge in [0.1, 0.15) is 11.6 Å². The molecule has 1 amide bonds. The Hall–Kier alpha value is -2.38. The highest BCUT2D eigenvalue weighted by atomic mass is 35.5. The van der Waals surface area contributed by atoms with Crippen LogP contribution >= 0.6 is 11.6 Å². The molecule has 0 aliphatic heterocycles. The van der Waals surface area contributed by atoms with Gasteiger partial charge in [-0.25, -0.2) is 0 Å².